The van der Waals surface area contributed by atoms with Crippen LogP contribution in [0.15, 0.2) is 72.8 Å². The summed E-state index contributed by atoms with van der Waals surface area (Å²) in [5.74, 6) is -4.36. The summed E-state index contributed by atoms with van der Waals surface area (Å²) in [6.45, 7) is 3.50. The molecule has 2 atom stereocenters. The van der Waals surface area contributed by atoms with E-state index in [0.717, 1.165) is 11.1 Å². The van der Waals surface area contributed by atoms with E-state index in [0.29, 0.717) is 5.75 Å². The van der Waals surface area contributed by atoms with E-state index in [1.165, 1.54) is 37.4 Å². The van der Waals surface area contributed by atoms with Gasteiger partial charge in [0.2, 0.25) is 12.2 Å². The first-order valence-corrected chi connectivity index (χ1v) is 10.9. The fourth-order valence-corrected chi connectivity index (χ4v) is 3.36. The fraction of sp³-hybridized carbons (Fsp3) is 0.185. The Morgan fingerprint density at radius 3 is 1.78 bits per heavy atom. The summed E-state index contributed by atoms with van der Waals surface area (Å²) in [5, 5.41) is 12.4. The molecule has 0 spiro atoms. The number of anilines is 1. The number of carboxylic acid groups (broad SMARTS) is 1. The fourth-order valence-electron chi connectivity index (χ4n) is 3.36. The van der Waals surface area contributed by atoms with Crippen molar-refractivity contribution in [2.45, 2.75) is 26.1 Å². The highest BCUT2D eigenvalue weighted by molar-refractivity contribution is 6.02. The highest BCUT2D eigenvalue weighted by Gasteiger charge is 2.41. The van der Waals surface area contributed by atoms with Crippen molar-refractivity contribution < 1.29 is 38.5 Å². The van der Waals surface area contributed by atoms with Crippen molar-refractivity contribution in [1.29, 1.82) is 0 Å². The maximum Gasteiger partial charge on any atom is 0.349 e. The zero-order valence-electron chi connectivity index (χ0n) is 19.9. The first-order valence-electron chi connectivity index (χ1n) is 10.9. The lowest BCUT2D eigenvalue weighted by atomic mass is 10.1. The number of benzene rings is 3. The van der Waals surface area contributed by atoms with E-state index in [-0.39, 0.29) is 16.8 Å². The summed E-state index contributed by atoms with van der Waals surface area (Å²) in [6.07, 6.45) is -4.16. The van der Waals surface area contributed by atoms with Gasteiger partial charge in [-0.3, -0.25) is 4.79 Å². The first-order chi connectivity index (χ1) is 17.2. The topological polar surface area (TPSA) is 128 Å². The third-order valence-corrected chi connectivity index (χ3v) is 5.12. The number of hydrogen-bond acceptors (Lipinski definition) is 7. The number of carbonyl (C=O) groups is 4. The van der Waals surface area contributed by atoms with E-state index in [9.17, 15) is 24.3 Å². The molecule has 0 aliphatic carbocycles. The van der Waals surface area contributed by atoms with Crippen molar-refractivity contribution in [2.75, 3.05) is 12.4 Å². The molecule has 0 radical (unpaired) electrons. The number of hydrogen-bond donors (Lipinski definition) is 2. The number of carboxylic acids is 1. The van der Waals surface area contributed by atoms with E-state index in [4.69, 9.17) is 14.2 Å². The Morgan fingerprint density at radius 1 is 0.750 bits per heavy atom. The number of methoxy groups -OCH3 is 1. The molecule has 0 aliphatic rings. The van der Waals surface area contributed by atoms with Gasteiger partial charge >= 0.3 is 17.9 Å². The summed E-state index contributed by atoms with van der Waals surface area (Å²) in [7, 11) is 1.39. The number of amides is 1. The molecule has 0 fully saturated rings. The number of esters is 2. The van der Waals surface area contributed by atoms with Crippen molar-refractivity contribution in [3.8, 4) is 5.75 Å². The molecule has 3 aromatic carbocycles. The summed E-state index contributed by atoms with van der Waals surface area (Å²) in [5.41, 5.74) is 1.87. The maximum atomic E-state index is 13.2. The van der Waals surface area contributed by atoms with Crippen LogP contribution in [0.3, 0.4) is 0 Å². The largest absolute Gasteiger partial charge is 0.495 e. The molecule has 9 heteroatoms. The number of aryl methyl sites for hydroxylation is 2. The minimum Gasteiger partial charge on any atom is -0.495 e. The quantitative estimate of drug-likeness (QED) is 0.433. The summed E-state index contributed by atoms with van der Waals surface area (Å²) >= 11 is 0. The summed E-state index contributed by atoms with van der Waals surface area (Å²) in [4.78, 5) is 51.0. The van der Waals surface area contributed by atoms with Crippen LogP contribution in [0.25, 0.3) is 0 Å². The summed E-state index contributed by atoms with van der Waals surface area (Å²) in [6, 6.07) is 19.0. The Bertz CT molecular complexity index is 1290. The third kappa shape index (κ3) is 6.47. The molecule has 1 amide bonds. The van der Waals surface area contributed by atoms with Crippen LogP contribution < -0.4 is 10.1 Å². The first kappa shape index (κ1) is 26.0. The molecule has 3 rings (SSSR count). The predicted molar refractivity (Wildman–Crippen MR) is 130 cm³/mol. The van der Waals surface area contributed by atoms with Crippen molar-refractivity contribution in [2.24, 2.45) is 0 Å². The van der Waals surface area contributed by atoms with E-state index in [1.54, 1.807) is 56.3 Å². The molecule has 3 aromatic rings. The van der Waals surface area contributed by atoms with Gasteiger partial charge in [0, 0.05) is 0 Å². The van der Waals surface area contributed by atoms with Gasteiger partial charge in [0.05, 0.1) is 23.9 Å². The third-order valence-electron chi connectivity index (χ3n) is 5.12. The van der Waals surface area contributed by atoms with Gasteiger partial charge in [0.25, 0.3) is 5.91 Å². The van der Waals surface area contributed by atoms with Crippen molar-refractivity contribution in [1.82, 2.24) is 0 Å². The van der Waals surface area contributed by atoms with E-state index >= 15 is 0 Å². The van der Waals surface area contributed by atoms with Gasteiger partial charge in [-0.05, 0) is 50.2 Å². The van der Waals surface area contributed by atoms with Crippen molar-refractivity contribution in [3.05, 3.63) is 95.1 Å². The highest BCUT2D eigenvalue weighted by atomic mass is 16.6. The van der Waals surface area contributed by atoms with Crippen LogP contribution >= 0.6 is 0 Å². The standard InChI is InChI=1S/C27H25NO8/c1-16-8-6-10-18(14-16)26(32)35-22(24(29)28-20-12-4-5-13-21(20)34-3)23(25(30)31)36-27(33)19-11-7-9-17(2)15-19/h4-15,22-23H,1-3H3,(H,28,29)(H,30,31)/t22-,23+/m0/s1. The maximum absolute atomic E-state index is 13.2. The van der Waals surface area contributed by atoms with E-state index in [1.807, 2.05) is 0 Å². The predicted octanol–water partition coefficient (Wildman–Crippen LogP) is 3.79. The van der Waals surface area contributed by atoms with Gasteiger partial charge < -0.3 is 24.6 Å². The molecule has 0 saturated heterocycles. The molecular weight excluding hydrogens is 466 g/mol. The van der Waals surface area contributed by atoms with Crippen molar-refractivity contribution in [3.63, 3.8) is 0 Å². The molecule has 2 N–H and O–H groups in total. The molecule has 0 bridgehead atoms. The zero-order valence-corrected chi connectivity index (χ0v) is 19.9. The Labute approximate surface area is 207 Å². The second kappa shape index (κ2) is 11.7. The van der Waals surface area contributed by atoms with Crippen LogP contribution in [0.1, 0.15) is 31.8 Å². The van der Waals surface area contributed by atoms with Gasteiger partial charge in [-0.15, -0.1) is 0 Å². The Kier molecular flexibility index (Phi) is 8.40. The number of nitrogens with one attached hydrogen (secondary N) is 1. The lowest BCUT2D eigenvalue weighted by Crippen LogP contribution is -2.48. The van der Waals surface area contributed by atoms with Crippen LogP contribution in [0.4, 0.5) is 5.69 Å². The number of aliphatic carboxylic acids is 1. The summed E-state index contributed by atoms with van der Waals surface area (Å²) < 4.78 is 15.7. The lowest BCUT2D eigenvalue weighted by Gasteiger charge is -2.24. The van der Waals surface area contributed by atoms with E-state index < -0.39 is 36.0 Å². The smallest absolute Gasteiger partial charge is 0.349 e. The number of ether oxygens (including phenoxy) is 3. The van der Waals surface area contributed by atoms with E-state index in [2.05, 4.69) is 5.32 Å². The molecule has 0 aromatic heterocycles. The monoisotopic (exact) mass is 491 g/mol. The molecule has 9 nitrogen and oxygen atoms in total. The average molecular weight is 491 g/mol. The lowest BCUT2D eigenvalue weighted by molar-refractivity contribution is -0.157. The van der Waals surface area contributed by atoms with Crippen LogP contribution in [-0.2, 0) is 19.1 Å². The van der Waals surface area contributed by atoms with Gasteiger partial charge in [-0.25, -0.2) is 14.4 Å². The van der Waals surface area contributed by atoms with Gasteiger partial charge in [-0.1, -0.05) is 47.5 Å². The zero-order chi connectivity index (χ0) is 26.2. The Balaban J connectivity index is 1.95. The van der Waals surface area contributed by atoms with Crippen LogP contribution in [0.5, 0.6) is 5.75 Å². The normalized spacial score (nSPS) is 12.1. The van der Waals surface area contributed by atoms with Gasteiger partial charge in [0.15, 0.2) is 0 Å². The molecular formula is C27H25NO8. The highest BCUT2D eigenvalue weighted by Crippen LogP contribution is 2.24. The molecule has 0 heterocycles. The second-order valence-corrected chi connectivity index (χ2v) is 7.92. The van der Waals surface area contributed by atoms with Crippen LogP contribution in [0.2, 0.25) is 0 Å². The SMILES string of the molecule is COc1ccccc1NC(=O)[C@@H](OC(=O)c1cccc(C)c1)[C@@H](OC(=O)c1cccc(C)c1)C(=O)O. The van der Waals surface area contributed by atoms with Crippen LogP contribution in [0, 0.1) is 13.8 Å². The molecule has 0 aliphatic heterocycles. The van der Waals surface area contributed by atoms with Crippen molar-refractivity contribution >= 4 is 29.5 Å². The van der Waals surface area contributed by atoms with Gasteiger partial charge in [-0.2, -0.15) is 0 Å². The minimum absolute atomic E-state index is 0.0788. The van der Waals surface area contributed by atoms with Crippen LogP contribution in [-0.4, -0.2) is 48.2 Å². The number of carbonyl (C=O) groups excluding carboxylic acids is 3. The minimum atomic E-state index is -2.14. The number of para-hydroxylation sites is 2. The molecule has 186 valence electrons. The van der Waals surface area contributed by atoms with Gasteiger partial charge in [0.1, 0.15) is 5.75 Å². The average Bonchev–Trinajstić information content (AvgIpc) is 2.86. The Hall–Kier alpha value is -4.66. The molecule has 0 saturated carbocycles. The number of rotatable bonds is 9. The molecule has 0 unspecified atom stereocenters. The molecule has 36 heavy (non-hydrogen) atoms. The Morgan fingerprint density at radius 2 is 1.28 bits per heavy atom. The second-order valence-electron chi connectivity index (χ2n) is 7.92.